The van der Waals surface area contributed by atoms with Crippen molar-refractivity contribution in [3.8, 4) is 6.07 Å². The lowest BCUT2D eigenvalue weighted by molar-refractivity contribution is -0.125. The van der Waals surface area contributed by atoms with Crippen LogP contribution in [0.3, 0.4) is 0 Å². The molecule has 0 aliphatic carbocycles. The van der Waals surface area contributed by atoms with Crippen LogP contribution in [0.25, 0.3) is 0 Å². The highest BCUT2D eigenvalue weighted by Crippen LogP contribution is 2.16. The largest absolute Gasteiger partial charge is 0.452 e. The van der Waals surface area contributed by atoms with Gasteiger partial charge in [0.25, 0.3) is 5.91 Å². The molecule has 23 heavy (non-hydrogen) atoms. The Bertz CT molecular complexity index is 620. The summed E-state index contributed by atoms with van der Waals surface area (Å²) in [6.45, 7) is 4.89. The standard InChI is InChI=1S/C17H23N3O3/c1-12(2)17(3,11-18)19-15(21)10-23-16(22)13-7-6-8-14(9-13)20(4)5/h6-9,12H,10H2,1-5H3,(H,19,21)/t17-/m0/s1. The maximum absolute atomic E-state index is 12.0. The van der Waals surface area contributed by atoms with Crippen LogP contribution in [0.2, 0.25) is 0 Å². The van der Waals surface area contributed by atoms with E-state index in [-0.39, 0.29) is 5.92 Å². The van der Waals surface area contributed by atoms with E-state index in [1.165, 1.54) is 0 Å². The summed E-state index contributed by atoms with van der Waals surface area (Å²) in [5.41, 5.74) is 0.241. The number of hydrogen-bond acceptors (Lipinski definition) is 5. The molecule has 6 nitrogen and oxygen atoms in total. The first-order valence-electron chi connectivity index (χ1n) is 7.36. The number of carbonyl (C=O) groups excluding carboxylic acids is 2. The molecule has 1 aromatic carbocycles. The van der Waals surface area contributed by atoms with Gasteiger partial charge in [0, 0.05) is 19.8 Å². The van der Waals surface area contributed by atoms with Crippen molar-refractivity contribution in [1.29, 1.82) is 5.26 Å². The molecule has 0 fully saturated rings. The van der Waals surface area contributed by atoms with Gasteiger partial charge in [-0.05, 0) is 31.0 Å². The fourth-order valence-corrected chi connectivity index (χ4v) is 1.75. The fraction of sp³-hybridized carbons (Fsp3) is 0.471. The maximum Gasteiger partial charge on any atom is 0.338 e. The first-order chi connectivity index (χ1) is 10.7. The molecular weight excluding hydrogens is 294 g/mol. The van der Waals surface area contributed by atoms with Gasteiger partial charge in [-0.25, -0.2) is 4.79 Å². The predicted molar refractivity (Wildman–Crippen MR) is 88.1 cm³/mol. The third kappa shape index (κ3) is 4.99. The van der Waals surface area contributed by atoms with Gasteiger partial charge in [-0.15, -0.1) is 0 Å². The van der Waals surface area contributed by atoms with Crippen LogP contribution in [-0.4, -0.2) is 38.1 Å². The van der Waals surface area contributed by atoms with Crippen LogP contribution in [0.15, 0.2) is 24.3 Å². The molecule has 1 N–H and O–H groups in total. The van der Waals surface area contributed by atoms with Crippen LogP contribution < -0.4 is 10.2 Å². The first kappa shape index (κ1) is 18.5. The molecule has 1 aromatic rings. The molecule has 1 amide bonds. The van der Waals surface area contributed by atoms with Crippen molar-refractivity contribution < 1.29 is 14.3 Å². The van der Waals surface area contributed by atoms with Gasteiger partial charge in [0.2, 0.25) is 0 Å². The average Bonchev–Trinajstić information content (AvgIpc) is 2.52. The van der Waals surface area contributed by atoms with Gasteiger partial charge >= 0.3 is 5.97 Å². The summed E-state index contributed by atoms with van der Waals surface area (Å²) in [5, 5.41) is 11.8. The molecule has 0 bridgehead atoms. The number of nitrogens with one attached hydrogen (secondary N) is 1. The number of amides is 1. The molecular formula is C17H23N3O3. The third-order valence-corrected chi connectivity index (χ3v) is 3.72. The fourth-order valence-electron chi connectivity index (χ4n) is 1.75. The summed E-state index contributed by atoms with van der Waals surface area (Å²) in [6.07, 6.45) is 0. The predicted octanol–water partition coefficient (Wildman–Crippen LogP) is 1.96. The van der Waals surface area contributed by atoms with Gasteiger partial charge in [-0.3, -0.25) is 4.79 Å². The van der Waals surface area contributed by atoms with Gasteiger partial charge in [0.05, 0.1) is 11.6 Å². The Morgan fingerprint density at radius 2 is 2.04 bits per heavy atom. The summed E-state index contributed by atoms with van der Waals surface area (Å²) >= 11 is 0. The molecule has 0 unspecified atom stereocenters. The highest BCUT2D eigenvalue weighted by molar-refractivity contribution is 5.92. The Balaban J connectivity index is 2.65. The summed E-state index contributed by atoms with van der Waals surface area (Å²) in [7, 11) is 3.74. The first-order valence-corrected chi connectivity index (χ1v) is 7.36. The van der Waals surface area contributed by atoms with E-state index in [0.717, 1.165) is 5.69 Å². The van der Waals surface area contributed by atoms with E-state index in [9.17, 15) is 9.59 Å². The molecule has 6 heteroatoms. The molecule has 1 atom stereocenters. The SMILES string of the molecule is CC(C)[C@](C)(C#N)NC(=O)COC(=O)c1cccc(N(C)C)c1. The van der Waals surface area contributed by atoms with E-state index in [2.05, 4.69) is 11.4 Å². The van der Waals surface area contributed by atoms with Crippen molar-refractivity contribution in [1.82, 2.24) is 5.32 Å². The van der Waals surface area contributed by atoms with E-state index < -0.39 is 24.0 Å². The zero-order chi connectivity index (χ0) is 17.6. The van der Waals surface area contributed by atoms with Crippen LogP contribution in [0.1, 0.15) is 31.1 Å². The monoisotopic (exact) mass is 317 g/mol. The molecule has 0 spiro atoms. The lowest BCUT2D eigenvalue weighted by Crippen LogP contribution is -2.50. The third-order valence-electron chi connectivity index (χ3n) is 3.72. The smallest absolute Gasteiger partial charge is 0.338 e. The molecule has 0 aliphatic rings. The number of ether oxygens (including phenoxy) is 1. The van der Waals surface area contributed by atoms with Crippen LogP contribution >= 0.6 is 0 Å². The van der Waals surface area contributed by atoms with Gasteiger partial charge in [-0.1, -0.05) is 19.9 Å². The highest BCUT2D eigenvalue weighted by atomic mass is 16.5. The van der Waals surface area contributed by atoms with Crippen molar-refractivity contribution in [3.05, 3.63) is 29.8 Å². The summed E-state index contributed by atoms with van der Waals surface area (Å²) in [5.74, 6) is -1.14. The molecule has 0 radical (unpaired) electrons. The Kier molecular flexibility index (Phi) is 6.14. The molecule has 1 rings (SSSR count). The van der Waals surface area contributed by atoms with E-state index in [1.807, 2.05) is 38.9 Å². The average molecular weight is 317 g/mol. The van der Waals surface area contributed by atoms with Crippen LogP contribution in [-0.2, 0) is 9.53 Å². The number of carbonyl (C=O) groups is 2. The van der Waals surface area contributed by atoms with Gasteiger partial charge in [0.15, 0.2) is 6.61 Å². The van der Waals surface area contributed by atoms with Crippen molar-refractivity contribution in [2.45, 2.75) is 26.3 Å². The number of hydrogen-bond donors (Lipinski definition) is 1. The number of anilines is 1. The number of nitrogens with zero attached hydrogens (tertiary/aromatic N) is 2. The number of benzene rings is 1. The van der Waals surface area contributed by atoms with E-state index >= 15 is 0 Å². The van der Waals surface area contributed by atoms with Crippen molar-refractivity contribution in [2.75, 3.05) is 25.6 Å². The van der Waals surface area contributed by atoms with Gasteiger partial charge < -0.3 is 15.0 Å². The molecule has 0 saturated heterocycles. The number of nitriles is 1. The summed E-state index contributed by atoms with van der Waals surface area (Å²) in [6, 6.07) is 9.00. The minimum Gasteiger partial charge on any atom is -0.452 e. The number of esters is 1. The lowest BCUT2D eigenvalue weighted by Gasteiger charge is -2.27. The zero-order valence-electron chi connectivity index (χ0n) is 14.2. The molecule has 0 aromatic heterocycles. The lowest BCUT2D eigenvalue weighted by atomic mass is 9.90. The Labute approximate surface area is 137 Å². The van der Waals surface area contributed by atoms with Crippen LogP contribution in [0.4, 0.5) is 5.69 Å². The van der Waals surface area contributed by atoms with Crippen molar-refractivity contribution in [2.24, 2.45) is 5.92 Å². The maximum atomic E-state index is 12.0. The molecule has 0 heterocycles. The second-order valence-corrected chi connectivity index (χ2v) is 6.04. The Morgan fingerprint density at radius 1 is 1.39 bits per heavy atom. The van der Waals surface area contributed by atoms with Gasteiger partial charge in [-0.2, -0.15) is 5.26 Å². The van der Waals surface area contributed by atoms with Crippen LogP contribution in [0.5, 0.6) is 0 Å². The zero-order valence-corrected chi connectivity index (χ0v) is 14.2. The summed E-state index contributed by atoms with van der Waals surface area (Å²) in [4.78, 5) is 25.8. The van der Waals surface area contributed by atoms with Crippen molar-refractivity contribution >= 4 is 17.6 Å². The van der Waals surface area contributed by atoms with E-state index in [4.69, 9.17) is 10.00 Å². The topological polar surface area (TPSA) is 82.4 Å². The number of rotatable bonds is 6. The second-order valence-electron chi connectivity index (χ2n) is 6.04. The molecule has 0 saturated carbocycles. The molecule has 0 aliphatic heterocycles. The Hall–Kier alpha value is -2.55. The minimum absolute atomic E-state index is 0.0658. The van der Waals surface area contributed by atoms with Gasteiger partial charge in [0.1, 0.15) is 5.54 Å². The van der Waals surface area contributed by atoms with Crippen LogP contribution in [0, 0.1) is 17.2 Å². The normalized spacial score (nSPS) is 12.9. The van der Waals surface area contributed by atoms with E-state index in [0.29, 0.717) is 5.56 Å². The quantitative estimate of drug-likeness (QED) is 0.811. The molecule has 124 valence electrons. The Morgan fingerprint density at radius 3 is 2.57 bits per heavy atom. The second kappa shape index (κ2) is 7.63. The van der Waals surface area contributed by atoms with Crippen molar-refractivity contribution in [3.63, 3.8) is 0 Å². The highest BCUT2D eigenvalue weighted by Gasteiger charge is 2.30. The van der Waals surface area contributed by atoms with E-state index in [1.54, 1.807) is 25.1 Å². The minimum atomic E-state index is -0.992. The summed E-state index contributed by atoms with van der Waals surface area (Å²) < 4.78 is 5.02.